The number of para-hydroxylation sites is 1. The standard InChI is InChI=1S/C27H27N3O2/c1-32-20-12-14-29(15-13-20)24-8-4-6-19-11-16-30(27(31)26(19)24)25-17-21(25)23-10-9-18-5-2-3-7-22(18)28-23/h2-11,16,20-21,25H,12-15,17H2,1H3/t21-,25+/m0/s1. The zero-order chi connectivity index (χ0) is 21.7. The summed E-state index contributed by atoms with van der Waals surface area (Å²) in [6.07, 6.45) is 5.23. The van der Waals surface area contributed by atoms with Gasteiger partial charge in [0.2, 0.25) is 0 Å². The molecule has 0 unspecified atom stereocenters. The van der Waals surface area contributed by atoms with E-state index in [2.05, 4.69) is 47.4 Å². The van der Waals surface area contributed by atoms with E-state index in [0.717, 1.165) is 65.4 Å². The van der Waals surface area contributed by atoms with E-state index < -0.39 is 0 Å². The first-order chi connectivity index (χ1) is 15.7. The Labute approximate surface area is 187 Å². The molecule has 2 aliphatic rings. The fourth-order valence-electron chi connectivity index (χ4n) is 5.24. The van der Waals surface area contributed by atoms with Crippen molar-refractivity contribution in [1.29, 1.82) is 0 Å². The van der Waals surface area contributed by atoms with Gasteiger partial charge in [0.15, 0.2) is 0 Å². The van der Waals surface area contributed by atoms with Crippen LogP contribution in [0.4, 0.5) is 5.69 Å². The Hall–Kier alpha value is -3.18. The van der Waals surface area contributed by atoms with Crippen molar-refractivity contribution in [1.82, 2.24) is 9.55 Å². The van der Waals surface area contributed by atoms with Gasteiger partial charge < -0.3 is 14.2 Å². The minimum absolute atomic E-state index is 0.111. The fraction of sp³-hybridized carbons (Fsp3) is 0.333. The van der Waals surface area contributed by atoms with Gasteiger partial charge in [0.1, 0.15) is 0 Å². The lowest BCUT2D eigenvalue weighted by molar-refractivity contribution is 0.0819. The van der Waals surface area contributed by atoms with Crippen molar-refractivity contribution < 1.29 is 4.74 Å². The van der Waals surface area contributed by atoms with Crippen molar-refractivity contribution in [2.24, 2.45) is 0 Å². The summed E-state index contributed by atoms with van der Waals surface area (Å²) in [5, 5.41) is 3.00. The lowest BCUT2D eigenvalue weighted by atomic mass is 10.0. The maximum Gasteiger partial charge on any atom is 0.260 e. The molecular formula is C27H27N3O2. The average molecular weight is 426 g/mol. The summed E-state index contributed by atoms with van der Waals surface area (Å²) in [4.78, 5) is 20.9. The van der Waals surface area contributed by atoms with Crippen molar-refractivity contribution in [3.63, 3.8) is 0 Å². The fourth-order valence-corrected chi connectivity index (χ4v) is 5.24. The normalized spacial score (nSPS) is 21.3. The van der Waals surface area contributed by atoms with Crippen molar-refractivity contribution in [3.05, 3.63) is 82.9 Å². The predicted octanol–water partition coefficient (Wildman–Crippen LogP) is 4.89. The molecule has 6 rings (SSSR count). The maximum atomic E-state index is 13.7. The van der Waals surface area contributed by atoms with Gasteiger partial charge in [-0.2, -0.15) is 0 Å². The molecule has 1 aliphatic heterocycles. The third kappa shape index (κ3) is 3.28. The number of ether oxygens (including phenoxy) is 1. The van der Waals surface area contributed by atoms with Crippen LogP contribution in [0.3, 0.4) is 0 Å². The molecule has 3 heterocycles. The SMILES string of the molecule is COC1CCN(c2cccc3ccn([C@@H]4C[C@H]4c4ccc5ccccc5n4)c(=O)c23)CC1. The second-order valence-corrected chi connectivity index (χ2v) is 9.03. The second kappa shape index (κ2) is 7.75. The van der Waals surface area contributed by atoms with E-state index in [-0.39, 0.29) is 11.6 Å². The van der Waals surface area contributed by atoms with E-state index in [1.54, 1.807) is 7.11 Å². The van der Waals surface area contributed by atoms with E-state index in [0.29, 0.717) is 12.0 Å². The number of anilines is 1. The summed E-state index contributed by atoms with van der Waals surface area (Å²) in [6, 6.07) is 20.9. The van der Waals surface area contributed by atoms with Crippen LogP contribution in [0.15, 0.2) is 71.7 Å². The van der Waals surface area contributed by atoms with E-state index in [4.69, 9.17) is 9.72 Å². The lowest BCUT2D eigenvalue weighted by Gasteiger charge is -2.33. The van der Waals surface area contributed by atoms with E-state index in [1.165, 1.54) is 0 Å². The van der Waals surface area contributed by atoms with Crippen LogP contribution >= 0.6 is 0 Å². The highest BCUT2D eigenvalue weighted by atomic mass is 16.5. The number of hydrogen-bond acceptors (Lipinski definition) is 4. The van der Waals surface area contributed by atoms with Gasteiger partial charge in [0.05, 0.1) is 22.7 Å². The zero-order valence-corrected chi connectivity index (χ0v) is 18.3. The number of piperidine rings is 1. The molecule has 2 fully saturated rings. The molecule has 1 saturated carbocycles. The number of nitrogens with zero attached hydrogens (tertiary/aromatic N) is 3. The first-order valence-electron chi connectivity index (χ1n) is 11.5. The lowest BCUT2D eigenvalue weighted by Crippen LogP contribution is -2.37. The molecule has 32 heavy (non-hydrogen) atoms. The van der Waals surface area contributed by atoms with Crippen LogP contribution in [-0.4, -0.2) is 35.9 Å². The number of rotatable bonds is 4. The van der Waals surface area contributed by atoms with Gasteiger partial charge in [-0.25, -0.2) is 0 Å². The summed E-state index contributed by atoms with van der Waals surface area (Å²) in [7, 11) is 1.79. The molecule has 0 N–H and O–H groups in total. The topological polar surface area (TPSA) is 47.4 Å². The van der Waals surface area contributed by atoms with Gasteiger partial charge in [-0.1, -0.05) is 36.4 Å². The Morgan fingerprint density at radius 2 is 1.75 bits per heavy atom. The van der Waals surface area contributed by atoms with Gasteiger partial charge in [-0.15, -0.1) is 0 Å². The number of benzene rings is 2. The van der Waals surface area contributed by atoms with Crippen LogP contribution in [-0.2, 0) is 4.74 Å². The van der Waals surface area contributed by atoms with Crippen LogP contribution in [0.5, 0.6) is 0 Å². The molecule has 2 aromatic heterocycles. The number of pyridine rings is 2. The summed E-state index contributed by atoms with van der Waals surface area (Å²) in [6.45, 7) is 1.83. The monoisotopic (exact) mass is 425 g/mol. The molecule has 0 radical (unpaired) electrons. The van der Waals surface area contributed by atoms with Crippen molar-refractivity contribution in [2.75, 3.05) is 25.1 Å². The van der Waals surface area contributed by atoms with Gasteiger partial charge in [0.25, 0.3) is 5.56 Å². The largest absolute Gasteiger partial charge is 0.381 e. The number of aromatic nitrogens is 2. The van der Waals surface area contributed by atoms with Crippen LogP contribution in [0, 0.1) is 0 Å². The third-order valence-corrected chi connectivity index (χ3v) is 7.17. The number of fused-ring (bicyclic) bond motifs is 2. The smallest absolute Gasteiger partial charge is 0.260 e. The Morgan fingerprint density at radius 1 is 0.938 bits per heavy atom. The molecule has 0 bridgehead atoms. The number of hydrogen-bond donors (Lipinski definition) is 0. The van der Waals surface area contributed by atoms with Gasteiger partial charge in [-0.3, -0.25) is 9.78 Å². The van der Waals surface area contributed by atoms with Gasteiger partial charge in [-0.05, 0) is 48.9 Å². The van der Waals surface area contributed by atoms with Crippen molar-refractivity contribution in [3.8, 4) is 0 Å². The summed E-state index contributed by atoms with van der Waals surface area (Å²) in [5.41, 5.74) is 3.26. The Kier molecular flexibility index (Phi) is 4.72. The zero-order valence-electron chi connectivity index (χ0n) is 18.3. The Morgan fingerprint density at radius 3 is 2.59 bits per heavy atom. The molecule has 2 aromatic carbocycles. The van der Waals surface area contributed by atoms with E-state index in [1.807, 2.05) is 29.0 Å². The summed E-state index contributed by atoms with van der Waals surface area (Å²) in [5.74, 6) is 0.291. The van der Waals surface area contributed by atoms with Crippen LogP contribution in [0.2, 0.25) is 0 Å². The molecule has 0 amide bonds. The molecule has 162 valence electrons. The molecule has 2 atom stereocenters. The highest BCUT2D eigenvalue weighted by Crippen LogP contribution is 2.50. The second-order valence-electron chi connectivity index (χ2n) is 9.03. The molecule has 1 saturated heterocycles. The summed E-state index contributed by atoms with van der Waals surface area (Å²) >= 11 is 0. The highest BCUT2D eigenvalue weighted by Gasteiger charge is 2.41. The highest BCUT2D eigenvalue weighted by molar-refractivity contribution is 5.93. The minimum Gasteiger partial charge on any atom is -0.381 e. The maximum absolute atomic E-state index is 13.7. The quantitative estimate of drug-likeness (QED) is 0.467. The predicted molar refractivity (Wildman–Crippen MR) is 129 cm³/mol. The first-order valence-corrected chi connectivity index (χ1v) is 11.5. The Bertz CT molecular complexity index is 1350. The van der Waals surface area contributed by atoms with Gasteiger partial charge >= 0.3 is 0 Å². The van der Waals surface area contributed by atoms with Gasteiger partial charge in [0, 0.05) is 49.4 Å². The van der Waals surface area contributed by atoms with E-state index in [9.17, 15) is 4.79 Å². The van der Waals surface area contributed by atoms with Crippen LogP contribution in [0.1, 0.15) is 36.9 Å². The molecule has 5 heteroatoms. The molecule has 4 aromatic rings. The molecular weight excluding hydrogens is 398 g/mol. The molecule has 5 nitrogen and oxygen atoms in total. The minimum atomic E-state index is 0.111. The van der Waals surface area contributed by atoms with Crippen molar-refractivity contribution >= 4 is 27.4 Å². The number of methoxy groups -OCH3 is 1. The van der Waals surface area contributed by atoms with Crippen molar-refractivity contribution in [2.45, 2.75) is 37.3 Å². The average Bonchev–Trinajstić information content (AvgIpc) is 3.64. The van der Waals surface area contributed by atoms with E-state index >= 15 is 0 Å². The third-order valence-electron chi connectivity index (χ3n) is 7.17. The first kappa shape index (κ1) is 19.5. The Balaban J connectivity index is 1.34. The summed E-state index contributed by atoms with van der Waals surface area (Å²) < 4.78 is 7.47. The molecule has 1 aliphatic carbocycles. The van der Waals surface area contributed by atoms with Crippen LogP contribution in [0.25, 0.3) is 21.7 Å². The van der Waals surface area contributed by atoms with Crippen LogP contribution < -0.4 is 10.5 Å². The molecule has 0 spiro atoms.